The van der Waals surface area contributed by atoms with Crippen LogP contribution in [0, 0.1) is 12.7 Å². The lowest BCUT2D eigenvalue weighted by molar-refractivity contribution is 0.0847. The monoisotopic (exact) mass is 648 g/mol. The highest BCUT2D eigenvalue weighted by Crippen LogP contribution is 2.41. The van der Waals surface area contributed by atoms with Crippen LogP contribution in [-0.2, 0) is 6.42 Å². The zero-order valence-electron chi connectivity index (χ0n) is 26.7. The van der Waals surface area contributed by atoms with E-state index in [1.807, 2.05) is 19.1 Å². The Morgan fingerprint density at radius 2 is 1.83 bits per heavy atom. The van der Waals surface area contributed by atoms with E-state index in [0.29, 0.717) is 35.0 Å². The van der Waals surface area contributed by atoms with Gasteiger partial charge in [-0.05, 0) is 110 Å². The third-order valence-corrected chi connectivity index (χ3v) is 9.94. The van der Waals surface area contributed by atoms with E-state index in [9.17, 15) is 9.18 Å². The Kier molecular flexibility index (Phi) is 8.42. The third kappa shape index (κ3) is 6.21. The third-order valence-electron chi connectivity index (χ3n) is 9.04. The molecule has 7 nitrogen and oxygen atoms in total. The Hall–Kier alpha value is -4.73. The van der Waals surface area contributed by atoms with Gasteiger partial charge in [-0.1, -0.05) is 18.2 Å². The van der Waals surface area contributed by atoms with Gasteiger partial charge in [0.25, 0.3) is 0 Å². The van der Waals surface area contributed by atoms with E-state index in [1.54, 1.807) is 46.4 Å². The predicted octanol–water partition coefficient (Wildman–Crippen LogP) is 8.50. The van der Waals surface area contributed by atoms with Gasteiger partial charge in [-0.2, -0.15) is 5.10 Å². The topological polar surface area (TPSA) is 82.6 Å². The molecule has 3 heterocycles. The molecule has 1 aliphatic carbocycles. The Bertz CT molecular complexity index is 1970. The first-order valence-corrected chi connectivity index (χ1v) is 16.9. The number of likely N-dealkylation sites (tertiary alicyclic amines) is 1. The Morgan fingerprint density at radius 1 is 1.02 bits per heavy atom. The largest absolute Gasteiger partial charge is 0.490 e. The molecule has 240 valence electrons. The lowest BCUT2D eigenvalue weighted by atomic mass is 10.0. The summed E-state index contributed by atoms with van der Waals surface area (Å²) in [6.07, 6.45) is 6.12. The summed E-state index contributed by atoms with van der Waals surface area (Å²) in [5, 5.41) is 6.54. The minimum Gasteiger partial charge on any atom is -0.490 e. The molecule has 0 unspecified atom stereocenters. The summed E-state index contributed by atoms with van der Waals surface area (Å²) >= 11 is 1.69. The van der Waals surface area contributed by atoms with Crippen LogP contribution in [0.1, 0.15) is 53.7 Å². The van der Waals surface area contributed by atoms with Gasteiger partial charge >= 0.3 is 0 Å². The maximum absolute atomic E-state index is 14.1. The van der Waals surface area contributed by atoms with Crippen molar-refractivity contribution in [2.24, 2.45) is 0 Å². The molecule has 1 fully saturated rings. The number of nitrogens with two attached hydrogens (primary N) is 1. The van der Waals surface area contributed by atoms with E-state index in [1.165, 1.54) is 12.3 Å². The number of ether oxygens (including phenoxy) is 2. The first-order valence-electron chi connectivity index (χ1n) is 16.0. The van der Waals surface area contributed by atoms with Crippen molar-refractivity contribution in [2.75, 3.05) is 18.8 Å². The van der Waals surface area contributed by atoms with Crippen LogP contribution in [0.4, 0.5) is 10.2 Å². The fourth-order valence-electron chi connectivity index (χ4n) is 6.37. The predicted molar refractivity (Wildman–Crippen MR) is 185 cm³/mol. The average molecular weight is 649 g/mol. The highest BCUT2D eigenvalue weighted by atomic mass is 32.1. The molecular formula is C38H37FN4O3S. The Balaban J connectivity index is 1.11. The quantitative estimate of drug-likeness (QED) is 0.162. The minimum atomic E-state index is -0.437. The maximum atomic E-state index is 14.1. The highest BCUT2D eigenvalue weighted by molar-refractivity contribution is 7.13. The van der Waals surface area contributed by atoms with E-state index in [0.717, 1.165) is 58.8 Å². The van der Waals surface area contributed by atoms with E-state index < -0.39 is 5.82 Å². The number of aromatic nitrogens is 2. The standard InChI is InChI=1S/C38H37FN4O3S/c1-23(2)42-14-12-29(13-15-42)45-35-21-26-19-27(18-25(26)20-30(35)36-9-6-16-47-36)37(44)31-22-41-43(38(31)40)28-10-11-33(24(3)17-28)46-34-8-5-4-7-32(34)39/h4-11,16-17,19-23,29H,12-15,18,40H2,1-3H3. The smallest absolute Gasteiger partial charge is 0.194 e. The number of ketones is 1. The van der Waals surface area contributed by atoms with Crippen molar-refractivity contribution in [3.8, 4) is 33.4 Å². The number of nitrogen functional groups attached to an aromatic ring is 1. The molecule has 0 amide bonds. The van der Waals surface area contributed by atoms with Crippen LogP contribution >= 0.6 is 11.3 Å². The van der Waals surface area contributed by atoms with E-state index >= 15 is 0 Å². The number of hydrogen-bond donors (Lipinski definition) is 1. The molecule has 0 saturated carbocycles. The zero-order chi connectivity index (χ0) is 32.7. The molecule has 1 aliphatic heterocycles. The van der Waals surface area contributed by atoms with Crippen LogP contribution in [0.5, 0.6) is 17.2 Å². The molecule has 2 aromatic heterocycles. The molecule has 2 N–H and O–H groups in total. The molecule has 3 aromatic carbocycles. The average Bonchev–Trinajstić information content (AvgIpc) is 3.83. The molecule has 5 aromatic rings. The lowest BCUT2D eigenvalue weighted by Crippen LogP contribution is -2.41. The molecule has 0 bridgehead atoms. The summed E-state index contributed by atoms with van der Waals surface area (Å²) in [5.74, 6) is 1.19. The van der Waals surface area contributed by atoms with Crippen molar-refractivity contribution in [1.29, 1.82) is 0 Å². The number of nitrogens with zero attached hydrogens (tertiary/aromatic N) is 3. The van der Waals surface area contributed by atoms with Crippen LogP contribution < -0.4 is 15.2 Å². The zero-order valence-corrected chi connectivity index (χ0v) is 27.5. The van der Waals surface area contributed by atoms with Crippen molar-refractivity contribution in [3.63, 3.8) is 0 Å². The Morgan fingerprint density at radius 3 is 2.55 bits per heavy atom. The van der Waals surface area contributed by atoms with Crippen molar-refractivity contribution >= 4 is 29.0 Å². The number of Topliss-reactive ketones (excluding diaryl/α,β-unsaturated/α-hetero) is 1. The van der Waals surface area contributed by atoms with E-state index in [2.05, 4.69) is 53.5 Å². The van der Waals surface area contributed by atoms with Gasteiger partial charge in [-0.25, -0.2) is 9.07 Å². The summed E-state index contributed by atoms with van der Waals surface area (Å²) < 4.78 is 28.1. The number of aryl methyl sites for hydroxylation is 1. The van der Waals surface area contributed by atoms with Crippen LogP contribution in [0.15, 0.2) is 83.9 Å². The summed E-state index contributed by atoms with van der Waals surface area (Å²) in [5.41, 5.74) is 12.1. The van der Waals surface area contributed by atoms with Gasteiger partial charge in [0.15, 0.2) is 17.3 Å². The second-order valence-electron chi connectivity index (χ2n) is 12.5. The van der Waals surface area contributed by atoms with E-state index in [4.69, 9.17) is 15.2 Å². The summed E-state index contributed by atoms with van der Waals surface area (Å²) in [6, 6.07) is 20.6. The second-order valence-corrected chi connectivity index (χ2v) is 13.4. The van der Waals surface area contributed by atoms with Crippen LogP contribution in [0.25, 0.3) is 22.2 Å². The number of carbonyl (C=O) groups is 1. The SMILES string of the molecule is Cc1cc(-n2ncc(C(=O)C3=Cc4cc(OC5CCN(C(C)C)CC5)c(-c5cccs5)cc4C3)c2N)ccc1Oc1ccccc1F. The molecule has 47 heavy (non-hydrogen) atoms. The van der Waals surface area contributed by atoms with E-state index in [-0.39, 0.29) is 23.5 Å². The number of piperidine rings is 1. The van der Waals surface area contributed by atoms with Gasteiger partial charge in [-0.15, -0.1) is 11.3 Å². The summed E-state index contributed by atoms with van der Waals surface area (Å²) in [6.45, 7) is 8.40. The number of carbonyl (C=O) groups excluding carboxylic acids is 1. The number of fused-ring (bicyclic) bond motifs is 1. The molecule has 7 rings (SSSR count). The molecule has 0 atom stereocenters. The normalized spacial score (nSPS) is 15.1. The number of rotatable bonds is 9. The van der Waals surface area contributed by atoms with Crippen molar-refractivity contribution in [3.05, 3.63) is 112 Å². The number of thiophene rings is 1. The molecule has 0 radical (unpaired) electrons. The fraction of sp³-hybridized carbons (Fsp3) is 0.263. The van der Waals surface area contributed by atoms with Gasteiger partial charge in [0.2, 0.25) is 0 Å². The molecule has 1 saturated heterocycles. The van der Waals surface area contributed by atoms with Crippen LogP contribution in [0.3, 0.4) is 0 Å². The number of hydrogen-bond acceptors (Lipinski definition) is 7. The molecule has 0 spiro atoms. The van der Waals surface area contributed by atoms with Gasteiger partial charge < -0.3 is 20.1 Å². The fourth-order valence-corrected chi connectivity index (χ4v) is 7.11. The van der Waals surface area contributed by atoms with Crippen LogP contribution in [-0.4, -0.2) is 45.7 Å². The lowest BCUT2D eigenvalue weighted by Gasteiger charge is -2.35. The van der Waals surface area contributed by atoms with Crippen LogP contribution in [0.2, 0.25) is 0 Å². The summed E-state index contributed by atoms with van der Waals surface area (Å²) in [7, 11) is 0. The minimum absolute atomic E-state index is 0.147. The second kappa shape index (κ2) is 12.8. The number of allylic oxidation sites excluding steroid dienone is 1. The van der Waals surface area contributed by atoms with Crippen molar-refractivity contribution in [2.45, 2.75) is 52.2 Å². The van der Waals surface area contributed by atoms with Gasteiger partial charge in [0.05, 0.1) is 17.4 Å². The molecule has 9 heteroatoms. The number of anilines is 1. The van der Waals surface area contributed by atoms with Crippen molar-refractivity contribution in [1.82, 2.24) is 14.7 Å². The number of para-hydroxylation sites is 1. The van der Waals surface area contributed by atoms with Gasteiger partial charge in [0.1, 0.15) is 23.4 Å². The number of halogens is 1. The van der Waals surface area contributed by atoms with Gasteiger partial charge in [0, 0.05) is 41.6 Å². The highest BCUT2D eigenvalue weighted by Gasteiger charge is 2.28. The van der Waals surface area contributed by atoms with Crippen molar-refractivity contribution < 1.29 is 18.7 Å². The summed E-state index contributed by atoms with van der Waals surface area (Å²) in [4.78, 5) is 17.5. The first kappa shape index (κ1) is 30.9. The number of benzene rings is 3. The Labute approximate surface area is 278 Å². The first-order chi connectivity index (χ1) is 22.7. The van der Waals surface area contributed by atoms with Gasteiger partial charge in [-0.3, -0.25) is 4.79 Å². The molecule has 2 aliphatic rings. The molecular weight excluding hydrogens is 612 g/mol. The maximum Gasteiger partial charge on any atom is 0.194 e.